The second-order valence-electron chi connectivity index (χ2n) is 6.33. The lowest BCUT2D eigenvalue weighted by molar-refractivity contribution is -0.154. The van der Waals surface area contributed by atoms with E-state index in [1.54, 1.807) is 15.9 Å². The van der Waals surface area contributed by atoms with Gasteiger partial charge in [0, 0.05) is 38.2 Å². The summed E-state index contributed by atoms with van der Waals surface area (Å²) in [4.78, 5) is 31.7. The van der Waals surface area contributed by atoms with Crippen molar-refractivity contribution in [2.24, 2.45) is 0 Å². The van der Waals surface area contributed by atoms with E-state index in [4.69, 9.17) is 4.74 Å². The Morgan fingerprint density at radius 1 is 1.21 bits per heavy atom. The smallest absolute Gasteiger partial charge is 0.253 e. The molecule has 0 radical (unpaired) electrons. The fraction of sp³-hybridized carbons (Fsp3) is 0.588. The Labute approximate surface area is 140 Å². The van der Waals surface area contributed by atoms with Gasteiger partial charge in [0.25, 0.3) is 5.91 Å². The van der Waals surface area contributed by atoms with Gasteiger partial charge in [-0.3, -0.25) is 14.6 Å². The third kappa shape index (κ3) is 3.72. The maximum absolute atomic E-state index is 13.0. The minimum absolute atomic E-state index is 0.0304. The number of aromatic nitrogens is 1. The van der Waals surface area contributed by atoms with Crippen LogP contribution in [0.5, 0.6) is 0 Å². The minimum atomic E-state index is -0.567. The van der Waals surface area contributed by atoms with Gasteiger partial charge in [0.1, 0.15) is 5.82 Å². The van der Waals surface area contributed by atoms with Gasteiger partial charge in [0.05, 0.1) is 19.3 Å². The molecule has 0 N–H and O–H groups in total. The Hall–Kier alpha value is -2.02. The van der Waals surface area contributed by atoms with Crippen LogP contribution in [-0.4, -0.2) is 65.5 Å². The van der Waals surface area contributed by atoms with E-state index >= 15 is 0 Å². The molecule has 130 valence electrons. The van der Waals surface area contributed by atoms with Gasteiger partial charge in [-0.2, -0.15) is 0 Å². The van der Waals surface area contributed by atoms with E-state index in [0.29, 0.717) is 32.8 Å². The van der Waals surface area contributed by atoms with Crippen molar-refractivity contribution in [3.8, 4) is 0 Å². The number of nitrogens with zero attached hydrogens (tertiary/aromatic N) is 3. The van der Waals surface area contributed by atoms with Gasteiger partial charge in [-0.05, 0) is 25.0 Å². The molecule has 2 fully saturated rings. The van der Waals surface area contributed by atoms with Crippen LogP contribution in [0.2, 0.25) is 0 Å². The van der Waals surface area contributed by atoms with Gasteiger partial charge in [0.15, 0.2) is 6.10 Å². The number of halogens is 1. The quantitative estimate of drug-likeness (QED) is 0.814. The van der Waals surface area contributed by atoms with Crippen molar-refractivity contribution in [2.45, 2.75) is 31.8 Å². The number of hydrogen-bond donors (Lipinski definition) is 0. The van der Waals surface area contributed by atoms with E-state index in [9.17, 15) is 14.0 Å². The average Bonchev–Trinajstić information content (AvgIpc) is 2.62. The molecule has 1 atom stereocenters. The Kier molecular flexibility index (Phi) is 5.08. The molecule has 0 bridgehead atoms. The molecular formula is C17H22FN3O3. The number of carbonyl (C=O) groups is 2. The lowest BCUT2D eigenvalue weighted by atomic mass is 9.92. The predicted octanol–water partition coefficient (Wildman–Crippen LogP) is 1.17. The fourth-order valence-electron chi connectivity index (χ4n) is 3.31. The van der Waals surface area contributed by atoms with Gasteiger partial charge >= 0.3 is 0 Å². The summed E-state index contributed by atoms with van der Waals surface area (Å²) in [6.45, 7) is 4.02. The van der Waals surface area contributed by atoms with Crippen molar-refractivity contribution < 1.29 is 18.7 Å². The highest BCUT2D eigenvalue weighted by atomic mass is 19.1. The number of piperidine rings is 1. The molecule has 1 aromatic rings. The summed E-state index contributed by atoms with van der Waals surface area (Å²) in [5.41, 5.74) is 0.875. The number of carbonyl (C=O) groups excluding carboxylic acids is 2. The second kappa shape index (κ2) is 7.25. The van der Waals surface area contributed by atoms with E-state index in [-0.39, 0.29) is 23.5 Å². The minimum Gasteiger partial charge on any atom is -0.365 e. The highest BCUT2D eigenvalue weighted by Crippen LogP contribution is 2.27. The summed E-state index contributed by atoms with van der Waals surface area (Å²) >= 11 is 0. The average molecular weight is 335 g/mol. The Morgan fingerprint density at radius 3 is 2.58 bits per heavy atom. The van der Waals surface area contributed by atoms with E-state index in [0.717, 1.165) is 18.5 Å². The van der Waals surface area contributed by atoms with Crippen LogP contribution in [0.15, 0.2) is 18.3 Å². The molecule has 0 saturated carbocycles. The van der Waals surface area contributed by atoms with Crippen molar-refractivity contribution in [1.82, 2.24) is 14.8 Å². The zero-order valence-electron chi connectivity index (χ0n) is 13.8. The topological polar surface area (TPSA) is 62.7 Å². The summed E-state index contributed by atoms with van der Waals surface area (Å²) in [6.07, 6.45) is 2.27. The van der Waals surface area contributed by atoms with Crippen molar-refractivity contribution in [3.05, 3.63) is 29.8 Å². The molecule has 6 nitrogen and oxygen atoms in total. The normalized spacial score (nSPS) is 22.5. The lowest BCUT2D eigenvalue weighted by Crippen LogP contribution is -2.53. The molecule has 0 spiro atoms. The van der Waals surface area contributed by atoms with E-state index < -0.39 is 6.10 Å². The van der Waals surface area contributed by atoms with Crippen LogP contribution in [0.25, 0.3) is 0 Å². The van der Waals surface area contributed by atoms with Crippen LogP contribution >= 0.6 is 0 Å². The zero-order chi connectivity index (χ0) is 17.1. The summed E-state index contributed by atoms with van der Waals surface area (Å²) in [6, 6.07) is 3.14. The first-order valence-corrected chi connectivity index (χ1v) is 8.32. The molecular weight excluding hydrogens is 313 g/mol. The maximum Gasteiger partial charge on any atom is 0.253 e. The molecule has 0 aliphatic carbocycles. The lowest BCUT2D eigenvalue weighted by Gasteiger charge is -2.37. The Bertz CT molecular complexity index is 600. The van der Waals surface area contributed by atoms with Crippen LogP contribution in [0, 0.1) is 5.82 Å². The fourth-order valence-corrected chi connectivity index (χ4v) is 3.31. The highest BCUT2D eigenvalue weighted by Gasteiger charge is 2.33. The number of morpholine rings is 1. The molecule has 1 unspecified atom stereocenters. The highest BCUT2D eigenvalue weighted by molar-refractivity contribution is 5.82. The summed E-state index contributed by atoms with van der Waals surface area (Å²) in [5, 5.41) is 0. The van der Waals surface area contributed by atoms with Gasteiger partial charge < -0.3 is 14.5 Å². The number of ether oxygens (including phenoxy) is 1. The first-order valence-electron chi connectivity index (χ1n) is 8.32. The van der Waals surface area contributed by atoms with Crippen molar-refractivity contribution in [1.29, 1.82) is 0 Å². The first-order chi connectivity index (χ1) is 11.5. The van der Waals surface area contributed by atoms with Crippen molar-refractivity contribution in [3.63, 3.8) is 0 Å². The number of amides is 2. The third-order valence-electron chi connectivity index (χ3n) is 4.76. The molecule has 2 aliphatic rings. The molecule has 3 heterocycles. The number of hydrogen-bond acceptors (Lipinski definition) is 4. The van der Waals surface area contributed by atoms with Crippen LogP contribution in [0.1, 0.15) is 31.4 Å². The van der Waals surface area contributed by atoms with E-state index in [2.05, 4.69) is 4.98 Å². The predicted molar refractivity (Wildman–Crippen MR) is 84.7 cm³/mol. The van der Waals surface area contributed by atoms with E-state index in [1.165, 1.54) is 19.2 Å². The Morgan fingerprint density at radius 2 is 1.96 bits per heavy atom. The molecule has 2 amide bonds. The molecule has 7 heteroatoms. The molecule has 1 aromatic heterocycles. The van der Waals surface area contributed by atoms with Gasteiger partial charge in [-0.1, -0.05) is 0 Å². The van der Waals surface area contributed by atoms with Gasteiger partial charge in [0.2, 0.25) is 5.91 Å². The first kappa shape index (κ1) is 16.8. The third-order valence-corrected chi connectivity index (χ3v) is 4.76. The van der Waals surface area contributed by atoms with Crippen LogP contribution < -0.4 is 0 Å². The summed E-state index contributed by atoms with van der Waals surface area (Å²) < 4.78 is 18.5. The zero-order valence-corrected chi connectivity index (χ0v) is 13.8. The number of pyridine rings is 1. The summed E-state index contributed by atoms with van der Waals surface area (Å²) in [5.74, 6) is -0.171. The van der Waals surface area contributed by atoms with Crippen molar-refractivity contribution in [2.75, 3.05) is 32.8 Å². The standard InChI is InChI=1S/C17H22FN3O3/c1-12(22)21-8-9-24-16(11-21)17(23)20-6-4-13(5-7-20)15-3-2-14(18)10-19-15/h2-3,10,13,16H,4-9,11H2,1H3. The SMILES string of the molecule is CC(=O)N1CCOC(C(=O)N2CCC(c3ccc(F)cn3)CC2)C1. The van der Waals surface area contributed by atoms with Gasteiger partial charge in [-0.25, -0.2) is 4.39 Å². The summed E-state index contributed by atoms with van der Waals surface area (Å²) in [7, 11) is 0. The van der Waals surface area contributed by atoms with E-state index in [1.807, 2.05) is 0 Å². The number of rotatable bonds is 2. The van der Waals surface area contributed by atoms with Gasteiger partial charge in [-0.15, -0.1) is 0 Å². The Balaban J connectivity index is 1.55. The van der Waals surface area contributed by atoms with Crippen LogP contribution in [-0.2, 0) is 14.3 Å². The molecule has 24 heavy (non-hydrogen) atoms. The molecule has 2 saturated heterocycles. The maximum atomic E-state index is 13.0. The monoisotopic (exact) mass is 335 g/mol. The van der Waals surface area contributed by atoms with Crippen molar-refractivity contribution >= 4 is 11.8 Å². The molecule has 2 aliphatic heterocycles. The van der Waals surface area contributed by atoms with Crippen LogP contribution in [0.3, 0.4) is 0 Å². The largest absolute Gasteiger partial charge is 0.365 e. The van der Waals surface area contributed by atoms with Crippen LogP contribution in [0.4, 0.5) is 4.39 Å². The number of likely N-dealkylation sites (tertiary alicyclic amines) is 1. The second-order valence-corrected chi connectivity index (χ2v) is 6.33. The molecule has 3 rings (SSSR count). The molecule has 0 aromatic carbocycles.